The Bertz CT molecular complexity index is 165. The first-order valence-corrected chi connectivity index (χ1v) is 3.45. The highest BCUT2D eigenvalue weighted by Crippen LogP contribution is 2.01. The number of hydrogen-bond donors (Lipinski definition) is 2. The van der Waals surface area contributed by atoms with Gasteiger partial charge >= 0.3 is 6.09 Å². The highest BCUT2D eigenvalue weighted by Gasteiger charge is 2.19. The van der Waals surface area contributed by atoms with Gasteiger partial charge in [-0.3, -0.25) is 4.79 Å². The van der Waals surface area contributed by atoms with Crippen LogP contribution < -0.4 is 5.32 Å². The second-order valence-corrected chi connectivity index (χ2v) is 2.78. The molecule has 0 saturated heterocycles. The van der Waals surface area contributed by atoms with Crippen LogP contribution >= 0.6 is 0 Å². The summed E-state index contributed by atoms with van der Waals surface area (Å²) in [4.78, 5) is 21.0. The fourth-order valence-corrected chi connectivity index (χ4v) is 0.871. The van der Waals surface area contributed by atoms with Crippen LogP contribution in [0.3, 0.4) is 0 Å². The van der Waals surface area contributed by atoms with E-state index in [1.54, 1.807) is 13.8 Å². The normalized spacial score (nSPS) is 12.7. The fourth-order valence-electron chi connectivity index (χ4n) is 0.871. The van der Waals surface area contributed by atoms with E-state index in [-0.39, 0.29) is 11.7 Å². The van der Waals surface area contributed by atoms with Crippen molar-refractivity contribution in [3.63, 3.8) is 0 Å². The zero-order chi connectivity index (χ0) is 9.02. The molecule has 0 saturated carbocycles. The van der Waals surface area contributed by atoms with Gasteiger partial charge in [0.25, 0.3) is 0 Å². The van der Waals surface area contributed by atoms with E-state index in [1.165, 1.54) is 6.92 Å². The molecule has 0 aliphatic rings. The molecule has 0 bridgehead atoms. The molecule has 0 aliphatic carbocycles. The molecule has 0 rings (SSSR count). The molecular formula is C7H13NO3. The van der Waals surface area contributed by atoms with E-state index in [2.05, 4.69) is 5.32 Å². The lowest BCUT2D eigenvalue weighted by molar-refractivity contribution is -0.119. The molecule has 1 atom stereocenters. The second-order valence-electron chi connectivity index (χ2n) is 2.78. The van der Waals surface area contributed by atoms with Gasteiger partial charge in [0.2, 0.25) is 0 Å². The number of rotatable bonds is 3. The highest BCUT2D eigenvalue weighted by atomic mass is 16.4. The van der Waals surface area contributed by atoms with Crippen LogP contribution in [0, 0.1) is 5.92 Å². The van der Waals surface area contributed by atoms with Gasteiger partial charge in [-0.1, -0.05) is 13.8 Å². The van der Waals surface area contributed by atoms with Crippen LogP contribution in [0.5, 0.6) is 0 Å². The maximum absolute atomic E-state index is 10.8. The molecule has 0 spiro atoms. The smallest absolute Gasteiger partial charge is 0.405 e. The lowest BCUT2D eigenvalue weighted by atomic mass is 10.0. The largest absolute Gasteiger partial charge is 0.465 e. The Labute approximate surface area is 65.6 Å². The van der Waals surface area contributed by atoms with Gasteiger partial charge in [-0.2, -0.15) is 0 Å². The average molecular weight is 159 g/mol. The molecule has 4 nitrogen and oxygen atoms in total. The Balaban J connectivity index is 4.12. The first-order valence-electron chi connectivity index (χ1n) is 3.45. The molecule has 0 aromatic carbocycles. The van der Waals surface area contributed by atoms with Crippen LogP contribution in [0.2, 0.25) is 0 Å². The number of hydrogen-bond acceptors (Lipinski definition) is 2. The topological polar surface area (TPSA) is 66.4 Å². The van der Waals surface area contributed by atoms with Crippen LogP contribution in [0.4, 0.5) is 4.79 Å². The molecule has 0 aromatic rings. The van der Waals surface area contributed by atoms with Crippen LogP contribution in [0.25, 0.3) is 0 Å². The quantitative estimate of drug-likeness (QED) is 0.642. The number of carboxylic acid groups (broad SMARTS) is 1. The molecule has 64 valence electrons. The van der Waals surface area contributed by atoms with E-state index in [0.717, 1.165) is 0 Å². The van der Waals surface area contributed by atoms with Crippen molar-refractivity contribution in [2.24, 2.45) is 5.92 Å². The van der Waals surface area contributed by atoms with Gasteiger partial charge in [-0.05, 0) is 12.8 Å². The predicted molar refractivity (Wildman–Crippen MR) is 40.5 cm³/mol. The first kappa shape index (κ1) is 9.94. The monoisotopic (exact) mass is 159 g/mol. The molecule has 0 aliphatic heterocycles. The molecule has 0 fully saturated rings. The van der Waals surface area contributed by atoms with E-state index in [9.17, 15) is 9.59 Å². The van der Waals surface area contributed by atoms with E-state index in [0.29, 0.717) is 0 Å². The molecule has 0 radical (unpaired) electrons. The molecule has 11 heavy (non-hydrogen) atoms. The summed E-state index contributed by atoms with van der Waals surface area (Å²) in [6, 6.07) is -0.576. The summed E-state index contributed by atoms with van der Waals surface area (Å²) in [5.41, 5.74) is 0. The zero-order valence-electron chi connectivity index (χ0n) is 6.92. The molecule has 0 aromatic heterocycles. The van der Waals surface area contributed by atoms with Crippen molar-refractivity contribution in [1.82, 2.24) is 5.32 Å². The maximum atomic E-state index is 10.8. The Hall–Kier alpha value is -1.06. The van der Waals surface area contributed by atoms with Gasteiger partial charge in [0.15, 0.2) is 5.78 Å². The third-order valence-corrected chi connectivity index (χ3v) is 1.38. The third-order valence-electron chi connectivity index (χ3n) is 1.38. The SMILES string of the molecule is CC(=O)[C@@H](NC(=O)O)C(C)C. The van der Waals surface area contributed by atoms with E-state index in [4.69, 9.17) is 5.11 Å². The highest BCUT2D eigenvalue weighted by molar-refractivity contribution is 5.85. The molecule has 1 amide bonds. The Morgan fingerprint density at radius 1 is 1.36 bits per heavy atom. The summed E-state index contributed by atoms with van der Waals surface area (Å²) in [5, 5.41) is 10.5. The molecular weight excluding hydrogens is 146 g/mol. The number of carbonyl (C=O) groups excluding carboxylic acids is 1. The lowest BCUT2D eigenvalue weighted by Crippen LogP contribution is -2.42. The summed E-state index contributed by atoms with van der Waals surface area (Å²) in [6.45, 7) is 4.96. The first-order chi connectivity index (χ1) is 4.95. The average Bonchev–Trinajstić information content (AvgIpc) is 1.81. The van der Waals surface area contributed by atoms with E-state index < -0.39 is 12.1 Å². The van der Waals surface area contributed by atoms with Crippen molar-refractivity contribution in [1.29, 1.82) is 0 Å². The molecule has 0 heterocycles. The molecule has 0 unspecified atom stereocenters. The summed E-state index contributed by atoms with van der Waals surface area (Å²) in [6.07, 6.45) is -1.15. The molecule has 4 heteroatoms. The minimum atomic E-state index is -1.15. The summed E-state index contributed by atoms with van der Waals surface area (Å²) >= 11 is 0. The van der Waals surface area contributed by atoms with Crippen molar-refractivity contribution in [3.05, 3.63) is 0 Å². The number of carbonyl (C=O) groups is 2. The number of ketones is 1. The summed E-state index contributed by atoms with van der Waals surface area (Å²) in [5.74, 6) is -0.147. The van der Waals surface area contributed by atoms with Crippen LogP contribution in [0.15, 0.2) is 0 Å². The Morgan fingerprint density at radius 2 is 1.82 bits per heavy atom. The number of nitrogens with one attached hydrogen (secondary N) is 1. The Kier molecular flexibility index (Phi) is 3.57. The van der Waals surface area contributed by atoms with Crippen LogP contribution in [-0.2, 0) is 4.79 Å². The van der Waals surface area contributed by atoms with Crippen molar-refractivity contribution in [2.45, 2.75) is 26.8 Å². The fraction of sp³-hybridized carbons (Fsp3) is 0.714. The lowest BCUT2D eigenvalue weighted by Gasteiger charge is -2.16. The van der Waals surface area contributed by atoms with Crippen LogP contribution in [0.1, 0.15) is 20.8 Å². The molecule has 2 N–H and O–H groups in total. The number of amides is 1. The van der Waals surface area contributed by atoms with Gasteiger partial charge in [-0.25, -0.2) is 4.79 Å². The minimum absolute atomic E-state index is 0.00333. The van der Waals surface area contributed by atoms with Gasteiger partial charge in [-0.15, -0.1) is 0 Å². The summed E-state index contributed by atoms with van der Waals surface area (Å²) in [7, 11) is 0. The number of Topliss-reactive ketones (excluding diaryl/α,β-unsaturated/α-hetero) is 1. The van der Waals surface area contributed by atoms with E-state index >= 15 is 0 Å². The van der Waals surface area contributed by atoms with Gasteiger partial charge < -0.3 is 10.4 Å². The van der Waals surface area contributed by atoms with Crippen LogP contribution in [-0.4, -0.2) is 23.0 Å². The summed E-state index contributed by atoms with van der Waals surface area (Å²) < 4.78 is 0. The van der Waals surface area contributed by atoms with Crippen molar-refractivity contribution in [2.75, 3.05) is 0 Å². The van der Waals surface area contributed by atoms with Gasteiger partial charge in [0, 0.05) is 0 Å². The van der Waals surface area contributed by atoms with E-state index in [1.807, 2.05) is 0 Å². The third kappa shape index (κ3) is 3.60. The van der Waals surface area contributed by atoms with Crippen molar-refractivity contribution in [3.8, 4) is 0 Å². The van der Waals surface area contributed by atoms with Crippen molar-refractivity contribution >= 4 is 11.9 Å². The predicted octanol–water partition coefficient (Wildman–Crippen LogP) is 0.868. The van der Waals surface area contributed by atoms with Gasteiger partial charge in [0.05, 0.1) is 6.04 Å². The standard InChI is InChI=1S/C7H13NO3/c1-4(2)6(5(3)9)8-7(10)11/h4,6,8H,1-3H3,(H,10,11)/t6-/m0/s1. The minimum Gasteiger partial charge on any atom is -0.465 e. The van der Waals surface area contributed by atoms with Gasteiger partial charge in [0.1, 0.15) is 0 Å². The Morgan fingerprint density at radius 3 is 1.91 bits per heavy atom. The maximum Gasteiger partial charge on any atom is 0.405 e. The van der Waals surface area contributed by atoms with Crippen molar-refractivity contribution < 1.29 is 14.7 Å². The second kappa shape index (κ2) is 3.95. The zero-order valence-corrected chi connectivity index (χ0v) is 6.92.